The van der Waals surface area contributed by atoms with Crippen molar-refractivity contribution in [3.63, 3.8) is 0 Å². The Balaban J connectivity index is 1.77. The molecule has 0 aliphatic heterocycles. The maximum Gasteiger partial charge on any atom is 0.0201 e. The number of hydrogen-bond donors (Lipinski definition) is 0. The molecular weight excluding hydrogens is 360 g/mol. The van der Waals surface area contributed by atoms with E-state index in [1.165, 1.54) is 66.3 Å². The van der Waals surface area contributed by atoms with Crippen LogP contribution < -0.4 is 0 Å². The number of allylic oxidation sites excluding steroid dienone is 1. The minimum atomic E-state index is 0.142. The molecule has 0 saturated heterocycles. The van der Waals surface area contributed by atoms with E-state index in [0.29, 0.717) is 5.92 Å². The summed E-state index contributed by atoms with van der Waals surface area (Å²) in [7, 11) is 0. The van der Waals surface area contributed by atoms with Gasteiger partial charge in [-0.3, -0.25) is 0 Å². The highest BCUT2D eigenvalue weighted by molar-refractivity contribution is 5.80. The van der Waals surface area contributed by atoms with Crippen molar-refractivity contribution in [3.8, 4) is 11.1 Å². The summed E-state index contributed by atoms with van der Waals surface area (Å²) in [5.74, 6) is 1.16. The Morgan fingerprint density at radius 2 is 1.33 bits per heavy atom. The number of benzene rings is 3. The summed E-state index contributed by atoms with van der Waals surface area (Å²) in [6.07, 6.45) is 11.1. The van der Waals surface area contributed by atoms with Gasteiger partial charge in [0, 0.05) is 11.3 Å². The molecule has 0 radical (unpaired) electrons. The van der Waals surface area contributed by atoms with Gasteiger partial charge < -0.3 is 0 Å². The SMILES string of the molecule is C=CCCCC(c1ccccc1)(C1CCCC1)C1c2ccccc2-c2ccccc21. The minimum absolute atomic E-state index is 0.142. The van der Waals surface area contributed by atoms with Crippen molar-refractivity contribution in [1.82, 2.24) is 0 Å². The van der Waals surface area contributed by atoms with E-state index in [1.54, 1.807) is 0 Å². The molecule has 0 aromatic heterocycles. The quantitative estimate of drug-likeness (QED) is 0.280. The second-order valence-electron chi connectivity index (χ2n) is 9.18. The largest absolute Gasteiger partial charge is 0.103 e. The van der Waals surface area contributed by atoms with E-state index in [0.717, 1.165) is 12.3 Å². The lowest BCUT2D eigenvalue weighted by atomic mass is 9.57. The third-order valence-electron chi connectivity index (χ3n) is 7.74. The zero-order chi connectivity index (χ0) is 20.4. The maximum atomic E-state index is 4.02. The number of hydrogen-bond acceptors (Lipinski definition) is 0. The van der Waals surface area contributed by atoms with Crippen LogP contribution in [-0.4, -0.2) is 0 Å². The molecule has 0 heteroatoms. The van der Waals surface area contributed by atoms with Gasteiger partial charge in [-0.25, -0.2) is 0 Å². The summed E-state index contributed by atoms with van der Waals surface area (Å²) in [6.45, 7) is 4.02. The molecule has 1 atom stereocenters. The van der Waals surface area contributed by atoms with Crippen molar-refractivity contribution in [2.45, 2.75) is 56.3 Å². The van der Waals surface area contributed by atoms with Gasteiger partial charge in [0.15, 0.2) is 0 Å². The van der Waals surface area contributed by atoms with E-state index in [4.69, 9.17) is 0 Å². The van der Waals surface area contributed by atoms with Crippen molar-refractivity contribution >= 4 is 0 Å². The van der Waals surface area contributed by atoms with Gasteiger partial charge in [-0.05, 0) is 65.8 Å². The smallest absolute Gasteiger partial charge is 0.0201 e. The fourth-order valence-electron chi connectivity index (χ4n) is 6.57. The Morgan fingerprint density at radius 3 is 1.93 bits per heavy atom. The van der Waals surface area contributed by atoms with Gasteiger partial charge in [-0.2, -0.15) is 0 Å². The van der Waals surface area contributed by atoms with Crippen molar-refractivity contribution in [1.29, 1.82) is 0 Å². The Morgan fingerprint density at radius 1 is 0.767 bits per heavy atom. The van der Waals surface area contributed by atoms with Crippen LogP contribution in [0.3, 0.4) is 0 Å². The van der Waals surface area contributed by atoms with Gasteiger partial charge in [0.1, 0.15) is 0 Å². The molecule has 0 nitrogen and oxygen atoms in total. The number of fused-ring (bicyclic) bond motifs is 3. The normalized spacial score (nSPS) is 18.0. The van der Waals surface area contributed by atoms with E-state index >= 15 is 0 Å². The fraction of sp³-hybridized carbons (Fsp3) is 0.333. The lowest BCUT2D eigenvalue weighted by molar-refractivity contribution is 0.219. The molecular formula is C30H32. The summed E-state index contributed by atoms with van der Waals surface area (Å²) in [6, 6.07) is 29.9. The average molecular weight is 393 g/mol. The van der Waals surface area contributed by atoms with Crippen LogP contribution in [0.25, 0.3) is 11.1 Å². The van der Waals surface area contributed by atoms with Crippen LogP contribution in [0.5, 0.6) is 0 Å². The first-order valence-corrected chi connectivity index (χ1v) is 11.7. The molecule has 2 aliphatic rings. The van der Waals surface area contributed by atoms with Crippen molar-refractivity contribution in [2.24, 2.45) is 5.92 Å². The molecule has 0 heterocycles. The highest BCUT2D eigenvalue weighted by atomic mass is 14.5. The molecule has 1 fully saturated rings. The van der Waals surface area contributed by atoms with Gasteiger partial charge >= 0.3 is 0 Å². The molecule has 3 aromatic carbocycles. The molecule has 2 aliphatic carbocycles. The first-order valence-electron chi connectivity index (χ1n) is 11.7. The monoisotopic (exact) mass is 392 g/mol. The van der Waals surface area contributed by atoms with Crippen LogP contribution in [-0.2, 0) is 5.41 Å². The standard InChI is InChI=1S/C30H32/c1-2-3-13-22-30(24-16-7-8-17-24,23-14-5-4-6-15-23)29-27-20-11-9-18-25(27)26-19-10-12-21-28(26)29/h2,4-6,9-12,14-15,18-21,24,29H,1,3,7-8,13,16-17,22H2. The summed E-state index contributed by atoms with van der Waals surface area (Å²) in [5.41, 5.74) is 7.64. The van der Waals surface area contributed by atoms with Crippen molar-refractivity contribution < 1.29 is 0 Å². The molecule has 0 spiro atoms. The molecule has 1 saturated carbocycles. The summed E-state index contributed by atoms with van der Waals surface area (Å²) < 4.78 is 0. The van der Waals surface area contributed by atoms with Crippen LogP contribution in [0.2, 0.25) is 0 Å². The van der Waals surface area contributed by atoms with E-state index in [-0.39, 0.29) is 5.41 Å². The second kappa shape index (κ2) is 8.26. The van der Waals surface area contributed by atoms with E-state index < -0.39 is 0 Å². The number of rotatable bonds is 7. The Labute approximate surface area is 181 Å². The third kappa shape index (κ3) is 3.05. The van der Waals surface area contributed by atoms with Crippen LogP contribution in [0.15, 0.2) is 91.5 Å². The van der Waals surface area contributed by atoms with Gasteiger partial charge in [0.05, 0.1) is 0 Å². The Bertz CT molecular complexity index is 963. The maximum absolute atomic E-state index is 4.02. The lowest BCUT2D eigenvalue weighted by Gasteiger charge is -2.46. The van der Waals surface area contributed by atoms with Gasteiger partial charge in [-0.15, -0.1) is 6.58 Å². The average Bonchev–Trinajstić information content (AvgIpc) is 3.45. The first kappa shape index (κ1) is 19.4. The van der Waals surface area contributed by atoms with Gasteiger partial charge in [0.25, 0.3) is 0 Å². The van der Waals surface area contributed by atoms with Crippen LogP contribution in [0, 0.1) is 5.92 Å². The predicted octanol–water partition coefficient (Wildman–Crippen LogP) is 8.28. The van der Waals surface area contributed by atoms with Crippen LogP contribution >= 0.6 is 0 Å². The minimum Gasteiger partial charge on any atom is -0.103 e. The van der Waals surface area contributed by atoms with E-state index in [1.807, 2.05) is 0 Å². The first-order chi connectivity index (χ1) is 14.9. The molecule has 1 unspecified atom stereocenters. The molecule has 0 N–H and O–H groups in total. The summed E-state index contributed by atoms with van der Waals surface area (Å²) in [5, 5.41) is 0. The molecule has 30 heavy (non-hydrogen) atoms. The Kier molecular flexibility index (Phi) is 5.34. The molecule has 0 bridgehead atoms. The fourth-order valence-corrected chi connectivity index (χ4v) is 6.57. The van der Waals surface area contributed by atoms with Crippen LogP contribution in [0.4, 0.5) is 0 Å². The molecule has 3 aromatic rings. The highest BCUT2D eigenvalue weighted by Gasteiger charge is 2.50. The summed E-state index contributed by atoms with van der Waals surface area (Å²) >= 11 is 0. The van der Waals surface area contributed by atoms with Crippen LogP contribution in [0.1, 0.15) is 67.6 Å². The third-order valence-corrected chi connectivity index (χ3v) is 7.74. The molecule has 5 rings (SSSR count). The predicted molar refractivity (Wildman–Crippen MR) is 128 cm³/mol. The zero-order valence-corrected chi connectivity index (χ0v) is 17.9. The number of unbranched alkanes of at least 4 members (excludes halogenated alkanes) is 1. The second-order valence-corrected chi connectivity index (χ2v) is 9.18. The Hall–Kier alpha value is -2.60. The van der Waals surface area contributed by atoms with E-state index in [9.17, 15) is 0 Å². The van der Waals surface area contributed by atoms with Crippen molar-refractivity contribution in [3.05, 3.63) is 108 Å². The highest BCUT2D eigenvalue weighted by Crippen LogP contribution is 2.60. The topological polar surface area (TPSA) is 0 Å². The van der Waals surface area contributed by atoms with Gasteiger partial charge in [-0.1, -0.05) is 97.8 Å². The lowest BCUT2D eigenvalue weighted by Crippen LogP contribution is -2.40. The van der Waals surface area contributed by atoms with E-state index in [2.05, 4.69) is 91.5 Å². The van der Waals surface area contributed by atoms with Gasteiger partial charge in [0.2, 0.25) is 0 Å². The summed E-state index contributed by atoms with van der Waals surface area (Å²) in [4.78, 5) is 0. The zero-order valence-electron chi connectivity index (χ0n) is 17.9. The molecule has 152 valence electrons. The molecule has 0 amide bonds. The van der Waals surface area contributed by atoms with Crippen molar-refractivity contribution in [2.75, 3.05) is 0 Å².